The van der Waals surface area contributed by atoms with Crippen molar-refractivity contribution in [1.29, 1.82) is 0 Å². The van der Waals surface area contributed by atoms with Gasteiger partial charge in [-0.3, -0.25) is 4.98 Å². The van der Waals surface area contributed by atoms with E-state index in [1.165, 1.54) is 12.3 Å². The van der Waals surface area contributed by atoms with Crippen LogP contribution in [-0.4, -0.2) is 22.1 Å². The number of carboxylic acids is 1. The Morgan fingerprint density at radius 3 is 2.65 bits per heavy atom. The Balaban J connectivity index is 2.84. The maximum atomic E-state index is 11.0. The summed E-state index contributed by atoms with van der Waals surface area (Å²) in [7, 11) is 0. The number of hydrogen-bond acceptors (Lipinski definition) is 3. The highest BCUT2D eigenvalue weighted by molar-refractivity contribution is 5.93. The zero-order valence-electron chi connectivity index (χ0n) is 10.6. The second-order valence-corrected chi connectivity index (χ2v) is 4.24. The minimum Gasteiger partial charge on any atom is -0.478 e. The van der Waals surface area contributed by atoms with E-state index < -0.39 is 5.97 Å². The van der Waals surface area contributed by atoms with Crippen LogP contribution in [0.5, 0.6) is 0 Å². The average molecular weight is 236 g/mol. The molecule has 1 aromatic rings. The Morgan fingerprint density at radius 2 is 2.12 bits per heavy atom. The monoisotopic (exact) mass is 236 g/mol. The van der Waals surface area contributed by atoms with E-state index in [9.17, 15) is 4.79 Å². The van der Waals surface area contributed by atoms with Gasteiger partial charge in [0.2, 0.25) is 0 Å². The maximum Gasteiger partial charge on any atom is 0.337 e. The van der Waals surface area contributed by atoms with E-state index in [2.05, 4.69) is 31.1 Å². The molecule has 1 aromatic heterocycles. The van der Waals surface area contributed by atoms with Crippen LogP contribution in [0, 0.1) is 5.92 Å². The summed E-state index contributed by atoms with van der Waals surface area (Å²) in [6.07, 6.45) is 5.22. The second kappa shape index (κ2) is 6.23. The Morgan fingerprint density at radius 1 is 1.47 bits per heavy atom. The lowest BCUT2D eigenvalue weighted by Gasteiger charge is -2.24. The summed E-state index contributed by atoms with van der Waals surface area (Å²) in [4.78, 5) is 15.0. The number of pyridine rings is 1. The van der Waals surface area contributed by atoms with Gasteiger partial charge in [-0.2, -0.15) is 0 Å². The average Bonchev–Trinajstić information content (AvgIpc) is 2.31. The first kappa shape index (κ1) is 13.5. The van der Waals surface area contributed by atoms with Crippen molar-refractivity contribution in [2.45, 2.75) is 39.7 Å². The molecule has 0 saturated carbocycles. The molecule has 0 aliphatic heterocycles. The first-order valence-electron chi connectivity index (χ1n) is 6.03. The summed E-state index contributed by atoms with van der Waals surface area (Å²) in [6, 6.07) is 1.76. The normalized spacial score (nSPS) is 12.5. The molecule has 17 heavy (non-hydrogen) atoms. The molecule has 94 valence electrons. The smallest absolute Gasteiger partial charge is 0.337 e. The molecule has 0 saturated heterocycles. The molecule has 0 aliphatic carbocycles. The van der Waals surface area contributed by atoms with Crippen LogP contribution in [0.1, 0.15) is 44.0 Å². The molecule has 0 aliphatic rings. The van der Waals surface area contributed by atoms with Crippen LogP contribution in [-0.2, 0) is 0 Å². The van der Waals surface area contributed by atoms with Crippen LogP contribution in [0.15, 0.2) is 18.5 Å². The highest BCUT2D eigenvalue weighted by Crippen LogP contribution is 2.20. The van der Waals surface area contributed by atoms with E-state index in [0.29, 0.717) is 11.6 Å². The summed E-state index contributed by atoms with van der Waals surface area (Å²) in [5.74, 6) is -0.386. The fourth-order valence-electron chi connectivity index (χ4n) is 2.05. The minimum atomic E-state index is -0.924. The van der Waals surface area contributed by atoms with Crippen molar-refractivity contribution in [3.05, 3.63) is 24.0 Å². The van der Waals surface area contributed by atoms with Gasteiger partial charge in [-0.15, -0.1) is 0 Å². The molecule has 0 aromatic carbocycles. The van der Waals surface area contributed by atoms with Crippen molar-refractivity contribution in [3.8, 4) is 0 Å². The molecule has 0 amide bonds. The van der Waals surface area contributed by atoms with Gasteiger partial charge in [-0.25, -0.2) is 4.79 Å². The van der Waals surface area contributed by atoms with Gasteiger partial charge in [0.25, 0.3) is 0 Å². The SMILES string of the molecule is CCC(CC)C(C)Nc1cnccc1C(=O)O. The molecule has 1 heterocycles. The fourth-order valence-corrected chi connectivity index (χ4v) is 2.05. The van der Waals surface area contributed by atoms with E-state index in [1.807, 2.05) is 0 Å². The molecule has 0 fully saturated rings. The molecule has 4 nitrogen and oxygen atoms in total. The number of anilines is 1. The lowest BCUT2D eigenvalue weighted by molar-refractivity contribution is 0.0697. The van der Waals surface area contributed by atoms with Gasteiger partial charge in [-0.1, -0.05) is 26.7 Å². The van der Waals surface area contributed by atoms with E-state index in [-0.39, 0.29) is 11.6 Å². The molecular weight excluding hydrogens is 216 g/mol. The predicted octanol–water partition coefficient (Wildman–Crippen LogP) is 3.02. The van der Waals surface area contributed by atoms with Crippen molar-refractivity contribution in [3.63, 3.8) is 0 Å². The van der Waals surface area contributed by atoms with Crippen LogP contribution in [0.2, 0.25) is 0 Å². The van der Waals surface area contributed by atoms with E-state index in [4.69, 9.17) is 5.11 Å². The highest BCUT2D eigenvalue weighted by Gasteiger charge is 2.16. The number of aromatic carboxylic acids is 1. The van der Waals surface area contributed by atoms with Crippen molar-refractivity contribution in [1.82, 2.24) is 4.98 Å². The summed E-state index contributed by atoms with van der Waals surface area (Å²) in [5.41, 5.74) is 0.872. The largest absolute Gasteiger partial charge is 0.478 e. The number of carbonyl (C=O) groups is 1. The first-order chi connectivity index (χ1) is 8.10. The molecule has 0 bridgehead atoms. The van der Waals surface area contributed by atoms with E-state index in [0.717, 1.165) is 12.8 Å². The predicted molar refractivity (Wildman–Crippen MR) is 68.4 cm³/mol. The molecule has 1 unspecified atom stereocenters. The molecule has 4 heteroatoms. The van der Waals surface area contributed by atoms with E-state index >= 15 is 0 Å². The fraction of sp³-hybridized carbons (Fsp3) is 0.538. The lowest BCUT2D eigenvalue weighted by Crippen LogP contribution is -2.26. The van der Waals surface area contributed by atoms with Gasteiger partial charge < -0.3 is 10.4 Å². The summed E-state index contributed by atoms with van der Waals surface area (Å²) in [6.45, 7) is 6.37. The number of carboxylic acid groups (broad SMARTS) is 1. The Kier molecular flexibility index (Phi) is 4.94. The van der Waals surface area contributed by atoms with Gasteiger partial charge in [0.1, 0.15) is 0 Å². The molecule has 0 spiro atoms. The highest BCUT2D eigenvalue weighted by atomic mass is 16.4. The van der Waals surface area contributed by atoms with E-state index in [1.54, 1.807) is 6.20 Å². The van der Waals surface area contributed by atoms with Gasteiger partial charge >= 0.3 is 5.97 Å². The second-order valence-electron chi connectivity index (χ2n) is 4.24. The first-order valence-corrected chi connectivity index (χ1v) is 6.03. The van der Waals surface area contributed by atoms with Crippen molar-refractivity contribution >= 4 is 11.7 Å². The molecular formula is C13H20N2O2. The number of nitrogens with zero attached hydrogens (tertiary/aromatic N) is 1. The summed E-state index contributed by atoms with van der Waals surface area (Å²) >= 11 is 0. The third-order valence-electron chi connectivity index (χ3n) is 3.19. The minimum absolute atomic E-state index is 0.243. The van der Waals surface area contributed by atoms with Gasteiger partial charge in [0, 0.05) is 12.2 Å². The molecule has 1 rings (SSSR count). The zero-order chi connectivity index (χ0) is 12.8. The van der Waals surface area contributed by atoms with Crippen molar-refractivity contribution in [2.24, 2.45) is 5.92 Å². The standard InChI is InChI=1S/C13H20N2O2/c1-4-10(5-2)9(3)15-12-8-14-7-6-11(12)13(16)17/h6-10,15H,4-5H2,1-3H3,(H,16,17). The summed E-state index contributed by atoms with van der Waals surface area (Å²) < 4.78 is 0. The van der Waals surface area contributed by atoms with Crippen molar-refractivity contribution in [2.75, 3.05) is 5.32 Å². The van der Waals surface area contributed by atoms with Gasteiger partial charge in [-0.05, 0) is 18.9 Å². The third-order valence-corrected chi connectivity index (χ3v) is 3.19. The zero-order valence-corrected chi connectivity index (χ0v) is 10.6. The Bertz CT molecular complexity index is 375. The van der Waals surface area contributed by atoms with Crippen LogP contribution >= 0.6 is 0 Å². The maximum absolute atomic E-state index is 11.0. The lowest BCUT2D eigenvalue weighted by atomic mass is 9.95. The van der Waals surface area contributed by atoms with Crippen LogP contribution in [0.3, 0.4) is 0 Å². The van der Waals surface area contributed by atoms with Gasteiger partial charge in [0.15, 0.2) is 0 Å². The number of rotatable bonds is 6. The topological polar surface area (TPSA) is 62.2 Å². The molecule has 2 N–H and O–H groups in total. The third kappa shape index (κ3) is 3.44. The quantitative estimate of drug-likeness (QED) is 0.797. The number of hydrogen-bond donors (Lipinski definition) is 2. The Labute approximate surface area is 102 Å². The van der Waals surface area contributed by atoms with Crippen LogP contribution in [0.4, 0.5) is 5.69 Å². The molecule has 0 radical (unpaired) electrons. The van der Waals surface area contributed by atoms with Crippen LogP contribution in [0.25, 0.3) is 0 Å². The number of nitrogens with one attached hydrogen (secondary N) is 1. The van der Waals surface area contributed by atoms with Crippen molar-refractivity contribution < 1.29 is 9.90 Å². The summed E-state index contributed by atoms with van der Waals surface area (Å²) in [5, 5.41) is 12.3. The number of aromatic nitrogens is 1. The Hall–Kier alpha value is -1.58. The van der Waals surface area contributed by atoms with Gasteiger partial charge in [0.05, 0.1) is 17.4 Å². The molecule has 1 atom stereocenters. The van der Waals surface area contributed by atoms with Crippen LogP contribution < -0.4 is 5.32 Å².